The number of carbonyl (C=O) groups is 2. The largest absolute Gasteiger partial charge is 0.341 e. The van der Waals surface area contributed by atoms with Crippen molar-refractivity contribution >= 4 is 22.7 Å². The molecule has 2 bridgehead atoms. The Kier molecular flexibility index (Phi) is 7.38. The van der Waals surface area contributed by atoms with Crippen molar-refractivity contribution < 1.29 is 14.0 Å². The van der Waals surface area contributed by atoms with Crippen molar-refractivity contribution in [3.63, 3.8) is 0 Å². The summed E-state index contributed by atoms with van der Waals surface area (Å²) in [5, 5.41) is 4.71. The van der Waals surface area contributed by atoms with Gasteiger partial charge in [-0.05, 0) is 100 Å². The molecule has 0 unspecified atom stereocenters. The zero-order chi connectivity index (χ0) is 28.0. The lowest BCUT2D eigenvalue weighted by atomic mass is 9.75. The maximum Gasteiger partial charge on any atom is 0.256 e. The molecule has 8 heteroatoms. The van der Waals surface area contributed by atoms with Gasteiger partial charge in [0.2, 0.25) is 5.91 Å². The fourth-order valence-electron chi connectivity index (χ4n) is 6.97. The Hall–Kier alpha value is -3.26. The lowest BCUT2D eigenvalue weighted by Crippen LogP contribution is -2.60. The number of hydrogen-bond acceptors (Lipinski definition) is 4. The van der Waals surface area contributed by atoms with E-state index in [4.69, 9.17) is 0 Å². The van der Waals surface area contributed by atoms with Crippen molar-refractivity contribution in [3.05, 3.63) is 59.8 Å². The first-order chi connectivity index (χ1) is 19.3. The molecule has 0 radical (unpaired) electrons. The van der Waals surface area contributed by atoms with Crippen LogP contribution in [0.25, 0.3) is 16.6 Å². The molecular weight excluding hydrogens is 505 g/mol. The summed E-state index contributed by atoms with van der Waals surface area (Å²) in [5.74, 6) is 0.619. The molecule has 212 valence electrons. The van der Waals surface area contributed by atoms with Crippen LogP contribution in [0.1, 0.15) is 68.3 Å². The molecule has 1 aliphatic carbocycles. The lowest BCUT2D eigenvalue weighted by molar-refractivity contribution is -0.138. The van der Waals surface area contributed by atoms with E-state index in [2.05, 4.69) is 21.4 Å². The minimum Gasteiger partial charge on any atom is -0.341 e. The van der Waals surface area contributed by atoms with Crippen LogP contribution in [0.3, 0.4) is 0 Å². The molecule has 2 amide bonds. The van der Waals surface area contributed by atoms with E-state index in [-0.39, 0.29) is 18.0 Å². The molecule has 4 fully saturated rings. The SMILES string of the molecule is CC(C)N(C)C(=O)c1cc(F)ccc1-n1cc(CC2CCN(C(=O)[C@H]3NC4CCC3CC4)CC2)c2ccncc21. The smallest absolute Gasteiger partial charge is 0.256 e. The monoisotopic (exact) mass is 545 g/mol. The van der Waals surface area contributed by atoms with Crippen LogP contribution in [-0.4, -0.2) is 69.4 Å². The highest BCUT2D eigenvalue weighted by Crippen LogP contribution is 2.35. The molecule has 40 heavy (non-hydrogen) atoms. The van der Waals surface area contributed by atoms with Crippen molar-refractivity contribution in [2.45, 2.75) is 76.9 Å². The van der Waals surface area contributed by atoms with Crippen LogP contribution in [0.5, 0.6) is 0 Å². The molecule has 1 atom stereocenters. The Labute approximate surface area is 235 Å². The summed E-state index contributed by atoms with van der Waals surface area (Å²) in [6.07, 6.45) is 13.3. The number of nitrogens with zero attached hydrogens (tertiary/aromatic N) is 4. The van der Waals surface area contributed by atoms with Gasteiger partial charge in [-0.2, -0.15) is 0 Å². The van der Waals surface area contributed by atoms with Gasteiger partial charge in [0.15, 0.2) is 0 Å². The fourth-order valence-corrected chi connectivity index (χ4v) is 6.97. The molecule has 3 saturated heterocycles. The number of pyridine rings is 1. The Bertz CT molecular complexity index is 1400. The summed E-state index contributed by atoms with van der Waals surface area (Å²) < 4.78 is 16.3. The third-order valence-corrected chi connectivity index (χ3v) is 9.59. The minimum atomic E-state index is -0.434. The van der Waals surface area contributed by atoms with E-state index in [1.54, 1.807) is 24.2 Å². The van der Waals surface area contributed by atoms with Crippen molar-refractivity contribution in [3.8, 4) is 5.69 Å². The molecule has 5 heterocycles. The van der Waals surface area contributed by atoms with Crippen LogP contribution < -0.4 is 5.32 Å². The highest BCUT2D eigenvalue weighted by atomic mass is 19.1. The molecule has 4 aliphatic rings. The Morgan fingerprint density at radius 2 is 1.85 bits per heavy atom. The van der Waals surface area contributed by atoms with Gasteiger partial charge in [0.05, 0.1) is 29.0 Å². The topological polar surface area (TPSA) is 70.5 Å². The predicted octanol–water partition coefficient (Wildman–Crippen LogP) is 4.96. The second kappa shape index (κ2) is 11.0. The highest BCUT2D eigenvalue weighted by molar-refractivity contribution is 5.99. The van der Waals surface area contributed by atoms with Crippen LogP contribution in [-0.2, 0) is 11.2 Å². The zero-order valence-corrected chi connectivity index (χ0v) is 23.8. The summed E-state index contributed by atoms with van der Waals surface area (Å²) in [5.41, 5.74) is 3.07. The first kappa shape index (κ1) is 26.9. The Balaban J connectivity index is 1.21. The number of carbonyl (C=O) groups excluding carboxylic acids is 2. The van der Waals surface area contributed by atoms with Crippen LogP contribution in [0.15, 0.2) is 42.9 Å². The normalized spacial score (nSPS) is 23.2. The average molecular weight is 546 g/mol. The summed E-state index contributed by atoms with van der Waals surface area (Å²) in [6, 6.07) is 6.96. The van der Waals surface area contributed by atoms with Gasteiger partial charge >= 0.3 is 0 Å². The summed E-state index contributed by atoms with van der Waals surface area (Å²) in [7, 11) is 1.74. The van der Waals surface area contributed by atoms with E-state index in [1.165, 1.54) is 43.4 Å². The summed E-state index contributed by atoms with van der Waals surface area (Å²) >= 11 is 0. The quantitative estimate of drug-likeness (QED) is 0.476. The van der Waals surface area contributed by atoms with Crippen molar-refractivity contribution in [2.75, 3.05) is 20.1 Å². The number of aromatic nitrogens is 2. The summed E-state index contributed by atoms with van der Waals surface area (Å²) in [4.78, 5) is 34.7. The number of fused-ring (bicyclic) bond motifs is 4. The standard InChI is InChI=1S/C32H40FN5O2/c1-20(2)36(3)31(39)27-17-24(33)6-9-28(27)38-19-23(26-10-13-34-18-29(26)38)16-21-11-14-37(15-12-21)32(40)30-22-4-7-25(35-30)8-5-22/h6,9-10,13,17-22,25,30,35H,4-5,7-8,11-12,14-16H2,1-3H3/t22?,25?,30-/m0/s1. The van der Waals surface area contributed by atoms with Crippen molar-refractivity contribution in [1.29, 1.82) is 0 Å². The fraction of sp³-hybridized carbons (Fsp3) is 0.531. The van der Waals surface area contributed by atoms with Gasteiger partial charge in [-0.1, -0.05) is 0 Å². The second-order valence-electron chi connectivity index (χ2n) is 12.3. The van der Waals surface area contributed by atoms with E-state index < -0.39 is 5.82 Å². The van der Waals surface area contributed by atoms with Crippen LogP contribution in [0.2, 0.25) is 0 Å². The van der Waals surface area contributed by atoms with Gasteiger partial charge in [0, 0.05) is 50.0 Å². The third-order valence-electron chi connectivity index (χ3n) is 9.59. The molecule has 3 aromatic rings. The van der Waals surface area contributed by atoms with Crippen LogP contribution in [0, 0.1) is 17.7 Å². The van der Waals surface area contributed by atoms with E-state index in [0.717, 1.165) is 43.3 Å². The number of piperidine rings is 3. The molecule has 2 aromatic heterocycles. The van der Waals surface area contributed by atoms with Gasteiger partial charge < -0.3 is 19.7 Å². The Morgan fingerprint density at radius 3 is 2.52 bits per heavy atom. The maximum atomic E-state index is 14.3. The molecule has 1 saturated carbocycles. The van der Waals surface area contributed by atoms with E-state index in [0.29, 0.717) is 35.0 Å². The number of hydrogen-bond donors (Lipinski definition) is 1. The molecule has 7 nitrogen and oxygen atoms in total. The molecule has 3 aliphatic heterocycles. The first-order valence-corrected chi connectivity index (χ1v) is 14.9. The second-order valence-corrected chi connectivity index (χ2v) is 12.3. The third kappa shape index (κ3) is 5.02. The van der Waals surface area contributed by atoms with Crippen molar-refractivity contribution in [2.24, 2.45) is 11.8 Å². The van der Waals surface area contributed by atoms with E-state index >= 15 is 0 Å². The molecule has 1 N–H and O–H groups in total. The molecule has 0 spiro atoms. The van der Waals surface area contributed by atoms with Crippen LogP contribution in [0.4, 0.5) is 4.39 Å². The van der Waals surface area contributed by atoms with Crippen LogP contribution >= 0.6 is 0 Å². The number of halogens is 1. The number of rotatable bonds is 6. The average Bonchev–Trinajstić information content (AvgIpc) is 3.34. The lowest BCUT2D eigenvalue weighted by Gasteiger charge is -2.45. The van der Waals surface area contributed by atoms with Gasteiger partial charge in [-0.3, -0.25) is 14.6 Å². The Morgan fingerprint density at radius 1 is 1.10 bits per heavy atom. The first-order valence-electron chi connectivity index (χ1n) is 14.9. The van der Waals surface area contributed by atoms with Gasteiger partial charge in [0.1, 0.15) is 5.82 Å². The highest BCUT2D eigenvalue weighted by Gasteiger charge is 2.41. The number of amides is 2. The van der Waals surface area contributed by atoms with Gasteiger partial charge in [-0.25, -0.2) is 4.39 Å². The van der Waals surface area contributed by atoms with Gasteiger partial charge in [-0.15, -0.1) is 0 Å². The minimum absolute atomic E-state index is 0.0101. The molecule has 1 aromatic carbocycles. The number of likely N-dealkylation sites (tertiary alicyclic amines) is 1. The zero-order valence-electron chi connectivity index (χ0n) is 23.8. The maximum absolute atomic E-state index is 14.3. The van der Waals surface area contributed by atoms with Crippen molar-refractivity contribution in [1.82, 2.24) is 24.7 Å². The number of benzene rings is 1. The summed E-state index contributed by atoms with van der Waals surface area (Å²) in [6.45, 7) is 5.49. The van der Waals surface area contributed by atoms with E-state index in [1.807, 2.05) is 30.7 Å². The van der Waals surface area contributed by atoms with Gasteiger partial charge in [0.25, 0.3) is 5.91 Å². The van der Waals surface area contributed by atoms with E-state index in [9.17, 15) is 14.0 Å². The predicted molar refractivity (Wildman–Crippen MR) is 154 cm³/mol. The molecule has 7 rings (SSSR count). The molecular formula is C32H40FN5O2. The number of nitrogens with one attached hydrogen (secondary N) is 1.